The summed E-state index contributed by atoms with van der Waals surface area (Å²) in [6, 6.07) is 19.3. The number of amides is 1. The highest BCUT2D eigenvalue weighted by Crippen LogP contribution is 2.26. The SMILES string of the molecule is O=C(O)CCCCCCn1cc(C(=O)Nc2ccccc2)c(-c2ccccc2)c1. The first-order valence-electron chi connectivity index (χ1n) is 9.97. The second-order valence-electron chi connectivity index (χ2n) is 7.07. The Morgan fingerprint density at radius 3 is 2.17 bits per heavy atom. The number of anilines is 1. The molecule has 1 amide bonds. The topological polar surface area (TPSA) is 71.3 Å². The van der Waals surface area contributed by atoms with Crippen LogP contribution in [0.15, 0.2) is 73.1 Å². The van der Waals surface area contributed by atoms with E-state index in [0.29, 0.717) is 12.0 Å². The molecule has 0 spiro atoms. The minimum Gasteiger partial charge on any atom is -0.481 e. The molecule has 150 valence electrons. The van der Waals surface area contributed by atoms with Gasteiger partial charge in [0.05, 0.1) is 5.56 Å². The maximum atomic E-state index is 12.9. The third-order valence-electron chi connectivity index (χ3n) is 4.80. The molecule has 0 aliphatic carbocycles. The minimum atomic E-state index is -0.739. The summed E-state index contributed by atoms with van der Waals surface area (Å²) in [5.74, 6) is -0.868. The molecule has 0 saturated carbocycles. The number of carboxylic acids is 1. The molecule has 0 aliphatic rings. The highest BCUT2D eigenvalue weighted by molar-refractivity contribution is 6.08. The zero-order valence-electron chi connectivity index (χ0n) is 16.4. The number of aryl methyl sites for hydroxylation is 1. The second kappa shape index (κ2) is 10.3. The maximum absolute atomic E-state index is 12.9. The van der Waals surface area contributed by atoms with Crippen LogP contribution in [0.25, 0.3) is 11.1 Å². The number of unbranched alkanes of at least 4 members (excludes halogenated alkanes) is 3. The van der Waals surface area contributed by atoms with Crippen molar-refractivity contribution in [3.8, 4) is 11.1 Å². The van der Waals surface area contributed by atoms with Gasteiger partial charge in [0.15, 0.2) is 0 Å². The van der Waals surface area contributed by atoms with Crippen LogP contribution in [-0.2, 0) is 11.3 Å². The van der Waals surface area contributed by atoms with Gasteiger partial charge < -0.3 is 15.0 Å². The van der Waals surface area contributed by atoms with Crippen molar-refractivity contribution >= 4 is 17.6 Å². The molecule has 29 heavy (non-hydrogen) atoms. The molecule has 5 heteroatoms. The average molecular weight is 390 g/mol. The van der Waals surface area contributed by atoms with Crippen molar-refractivity contribution in [2.45, 2.75) is 38.6 Å². The third-order valence-corrected chi connectivity index (χ3v) is 4.80. The van der Waals surface area contributed by atoms with E-state index in [-0.39, 0.29) is 12.3 Å². The third kappa shape index (κ3) is 6.07. The first kappa shape index (κ1) is 20.4. The van der Waals surface area contributed by atoms with E-state index in [4.69, 9.17) is 5.11 Å². The van der Waals surface area contributed by atoms with Crippen molar-refractivity contribution in [2.75, 3.05) is 5.32 Å². The molecule has 0 unspecified atom stereocenters. The molecular weight excluding hydrogens is 364 g/mol. The predicted molar refractivity (Wildman–Crippen MR) is 115 cm³/mol. The zero-order valence-corrected chi connectivity index (χ0v) is 16.4. The van der Waals surface area contributed by atoms with Crippen LogP contribution in [-0.4, -0.2) is 21.6 Å². The number of carbonyl (C=O) groups is 2. The molecule has 3 aromatic rings. The summed E-state index contributed by atoms with van der Waals surface area (Å²) in [7, 11) is 0. The van der Waals surface area contributed by atoms with E-state index in [1.807, 2.05) is 73.1 Å². The normalized spacial score (nSPS) is 10.6. The number of benzene rings is 2. The van der Waals surface area contributed by atoms with Crippen molar-refractivity contribution in [2.24, 2.45) is 0 Å². The lowest BCUT2D eigenvalue weighted by Gasteiger charge is -2.06. The minimum absolute atomic E-state index is 0.129. The Balaban J connectivity index is 1.70. The monoisotopic (exact) mass is 390 g/mol. The van der Waals surface area contributed by atoms with Gasteiger partial charge in [0.2, 0.25) is 0 Å². The molecule has 1 heterocycles. The van der Waals surface area contributed by atoms with Crippen molar-refractivity contribution < 1.29 is 14.7 Å². The summed E-state index contributed by atoms with van der Waals surface area (Å²) >= 11 is 0. The fourth-order valence-electron chi connectivity index (χ4n) is 3.31. The number of nitrogens with one attached hydrogen (secondary N) is 1. The van der Waals surface area contributed by atoms with E-state index in [2.05, 4.69) is 9.88 Å². The summed E-state index contributed by atoms with van der Waals surface area (Å²) < 4.78 is 2.05. The smallest absolute Gasteiger partial charge is 0.303 e. The lowest BCUT2D eigenvalue weighted by atomic mass is 10.0. The lowest BCUT2D eigenvalue weighted by Crippen LogP contribution is -2.12. The molecule has 0 atom stereocenters. The average Bonchev–Trinajstić information content (AvgIpc) is 3.16. The van der Waals surface area contributed by atoms with Gasteiger partial charge in [-0.3, -0.25) is 9.59 Å². The molecule has 0 bridgehead atoms. The Kier molecular flexibility index (Phi) is 7.22. The fourth-order valence-corrected chi connectivity index (χ4v) is 3.31. The predicted octanol–water partition coefficient (Wildman–Crippen LogP) is 5.44. The molecular formula is C24H26N2O3. The van der Waals surface area contributed by atoms with E-state index in [0.717, 1.165) is 42.6 Å². The van der Waals surface area contributed by atoms with Crippen LogP contribution in [0.1, 0.15) is 42.5 Å². The first-order chi connectivity index (χ1) is 14.1. The van der Waals surface area contributed by atoms with Gasteiger partial charge in [0.1, 0.15) is 0 Å². The van der Waals surface area contributed by atoms with Crippen LogP contribution in [0, 0.1) is 0 Å². The molecule has 3 rings (SSSR count). The maximum Gasteiger partial charge on any atom is 0.303 e. The van der Waals surface area contributed by atoms with Gasteiger partial charge in [0, 0.05) is 36.6 Å². The number of nitrogens with zero attached hydrogens (tertiary/aromatic N) is 1. The van der Waals surface area contributed by atoms with Crippen LogP contribution >= 0.6 is 0 Å². The van der Waals surface area contributed by atoms with Gasteiger partial charge in [-0.2, -0.15) is 0 Å². The van der Waals surface area contributed by atoms with Crippen molar-refractivity contribution in [1.82, 2.24) is 4.57 Å². The fraction of sp³-hybridized carbons (Fsp3) is 0.250. The Hall–Kier alpha value is -3.34. The van der Waals surface area contributed by atoms with Gasteiger partial charge in [-0.05, 0) is 30.5 Å². The molecule has 0 radical (unpaired) electrons. The van der Waals surface area contributed by atoms with Crippen LogP contribution < -0.4 is 5.32 Å². The molecule has 0 aliphatic heterocycles. The number of para-hydroxylation sites is 1. The number of aliphatic carboxylic acids is 1. The Morgan fingerprint density at radius 2 is 1.48 bits per heavy atom. The van der Waals surface area contributed by atoms with E-state index in [1.165, 1.54) is 0 Å². The molecule has 5 nitrogen and oxygen atoms in total. The molecule has 1 aromatic heterocycles. The molecule has 0 saturated heterocycles. The summed E-state index contributed by atoms with van der Waals surface area (Å²) in [6.07, 6.45) is 7.68. The van der Waals surface area contributed by atoms with Crippen molar-refractivity contribution in [3.05, 3.63) is 78.6 Å². The van der Waals surface area contributed by atoms with Gasteiger partial charge >= 0.3 is 5.97 Å². The van der Waals surface area contributed by atoms with Crippen LogP contribution in [0.5, 0.6) is 0 Å². The molecule has 2 aromatic carbocycles. The largest absolute Gasteiger partial charge is 0.481 e. The van der Waals surface area contributed by atoms with Gasteiger partial charge in [-0.25, -0.2) is 0 Å². The summed E-state index contributed by atoms with van der Waals surface area (Å²) in [5.41, 5.74) is 3.32. The standard InChI is InChI=1S/C24H26N2O3/c27-23(28)15-9-1-2-10-16-26-17-21(19-11-5-3-6-12-19)22(18-26)24(29)25-20-13-7-4-8-14-20/h3-8,11-14,17-18H,1-2,9-10,15-16H2,(H,25,29)(H,27,28). The van der Waals surface area contributed by atoms with Gasteiger partial charge in [-0.15, -0.1) is 0 Å². The number of carbonyl (C=O) groups excluding carboxylic acids is 1. The number of hydrogen-bond acceptors (Lipinski definition) is 2. The Morgan fingerprint density at radius 1 is 0.828 bits per heavy atom. The number of aromatic nitrogens is 1. The number of hydrogen-bond donors (Lipinski definition) is 2. The Labute approximate surface area is 171 Å². The highest BCUT2D eigenvalue weighted by Gasteiger charge is 2.16. The molecule has 2 N–H and O–H groups in total. The summed E-state index contributed by atoms with van der Waals surface area (Å²) in [6.45, 7) is 0.797. The van der Waals surface area contributed by atoms with Crippen LogP contribution in [0.3, 0.4) is 0 Å². The quantitative estimate of drug-likeness (QED) is 0.453. The van der Waals surface area contributed by atoms with Crippen LogP contribution in [0.2, 0.25) is 0 Å². The number of carboxylic acid groups (broad SMARTS) is 1. The highest BCUT2D eigenvalue weighted by atomic mass is 16.4. The summed E-state index contributed by atoms with van der Waals surface area (Å²) in [5, 5.41) is 11.7. The van der Waals surface area contributed by atoms with Crippen LogP contribution in [0.4, 0.5) is 5.69 Å². The zero-order chi connectivity index (χ0) is 20.5. The second-order valence-corrected chi connectivity index (χ2v) is 7.07. The number of rotatable bonds is 10. The van der Waals surface area contributed by atoms with E-state index in [9.17, 15) is 9.59 Å². The Bertz CT molecular complexity index is 933. The lowest BCUT2D eigenvalue weighted by molar-refractivity contribution is -0.137. The van der Waals surface area contributed by atoms with Gasteiger partial charge in [0.25, 0.3) is 5.91 Å². The van der Waals surface area contributed by atoms with E-state index >= 15 is 0 Å². The summed E-state index contributed by atoms with van der Waals surface area (Å²) in [4.78, 5) is 23.5. The van der Waals surface area contributed by atoms with Crippen molar-refractivity contribution in [1.29, 1.82) is 0 Å². The molecule has 0 fully saturated rings. The van der Waals surface area contributed by atoms with Gasteiger partial charge in [-0.1, -0.05) is 61.4 Å². The van der Waals surface area contributed by atoms with E-state index in [1.54, 1.807) is 0 Å². The van der Waals surface area contributed by atoms with Crippen molar-refractivity contribution in [3.63, 3.8) is 0 Å². The first-order valence-corrected chi connectivity index (χ1v) is 9.97. The van der Waals surface area contributed by atoms with E-state index < -0.39 is 5.97 Å².